The monoisotopic (exact) mass is 441 g/mol. The van der Waals surface area contributed by atoms with Crippen molar-refractivity contribution in [3.63, 3.8) is 0 Å². The van der Waals surface area contributed by atoms with Gasteiger partial charge in [-0.3, -0.25) is 4.90 Å². The van der Waals surface area contributed by atoms with E-state index in [4.69, 9.17) is 14.6 Å². The summed E-state index contributed by atoms with van der Waals surface area (Å²) in [7, 11) is 3.42. The summed E-state index contributed by atoms with van der Waals surface area (Å²) in [6, 6.07) is 15.9. The van der Waals surface area contributed by atoms with Crippen LogP contribution in [0.3, 0.4) is 0 Å². The van der Waals surface area contributed by atoms with Gasteiger partial charge in [-0.2, -0.15) is 5.10 Å². The number of benzene rings is 2. The molecule has 0 radical (unpaired) electrons. The minimum atomic E-state index is -0.600. The highest BCUT2D eigenvalue weighted by molar-refractivity contribution is 5.65. The van der Waals surface area contributed by atoms with Crippen molar-refractivity contribution >= 4 is 0 Å². The van der Waals surface area contributed by atoms with E-state index in [1.165, 1.54) is 12.1 Å². The lowest BCUT2D eigenvalue weighted by Gasteiger charge is -2.27. The smallest absolute Gasteiger partial charge is 0.222 e. The topological polar surface area (TPSA) is 59.8 Å². The first-order chi connectivity index (χ1) is 15.4. The third-order valence-corrected chi connectivity index (χ3v) is 5.00. The maximum absolute atomic E-state index is 13.4. The van der Waals surface area contributed by atoms with Gasteiger partial charge in [-0.1, -0.05) is 44.2 Å². The fourth-order valence-corrected chi connectivity index (χ4v) is 3.75. The van der Waals surface area contributed by atoms with Crippen LogP contribution in [0.25, 0.3) is 11.3 Å². The molecule has 3 aromatic rings. The Labute approximate surface area is 189 Å². The van der Waals surface area contributed by atoms with E-state index < -0.39 is 6.10 Å². The van der Waals surface area contributed by atoms with Gasteiger partial charge in [0.25, 0.3) is 0 Å². The minimum absolute atomic E-state index is 0.270. The van der Waals surface area contributed by atoms with E-state index in [0.717, 1.165) is 23.4 Å². The normalized spacial score (nSPS) is 12.5. The molecule has 0 bridgehead atoms. The first-order valence-corrected chi connectivity index (χ1v) is 10.8. The molecule has 1 aromatic heterocycles. The van der Waals surface area contributed by atoms with Gasteiger partial charge in [0.1, 0.15) is 17.3 Å². The summed E-state index contributed by atoms with van der Waals surface area (Å²) < 4.78 is 26.4. The third kappa shape index (κ3) is 6.38. The van der Waals surface area contributed by atoms with Gasteiger partial charge in [-0.15, -0.1) is 0 Å². The molecule has 32 heavy (non-hydrogen) atoms. The number of aliphatic hydroxyl groups is 1. The summed E-state index contributed by atoms with van der Waals surface area (Å²) in [4.78, 5) is 2.19. The van der Waals surface area contributed by atoms with Crippen LogP contribution in [0.5, 0.6) is 11.6 Å². The predicted molar refractivity (Wildman–Crippen MR) is 123 cm³/mol. The van der Waals surface area contributed by atoms with Gasteiger partial charge in [0.15, 0.2) is 0 Å². The molecule has 7 heteroatoms. The Bertz CT molecular complexity index is 974. The molecule has 1 N–H and O–H groups in total. The molecular formula is C25H32FN3O3. The standard InChI is InChI=1S/C25H32FN3O3/c1-18(2)14-29(15-21(30)17-31-4)16-23-24(19-8-6-5-7-9-19)27-28(3)25(23)32-22-12-10-20(26)11-13-22/h5-13,18,21,30H,14-17H2,1-4H3/t21-/m1/s1. The number of rotatable bonds is 11. The van der Waals surface area contributed by atoms with Gasteiger partial charge in [-0.05, 0) is 30.2 Å². The van der Waals surface area contributed by atoms with Crippen molar-refractivity contribution in [3.8, 4) is 22.9 Å². The number of halogens is 1. The van der Waals surface area contributed by atoms with Gasteiger partial charge in [0.2, 0.25) is 5.88 Å². The molecule has 6 nitrogen and oxygen atoms in total. The van der Waals surface area contributed by atoms with Crippen molar-refractivity contribution in [2.24, 2.45) is 13.0 Å². The number of aliphatic hydroxyl groups excluding tert-OH is 1. The summed E-state index contributed by atoms with van der Waals surface area (Å²) in [6.07, 6.45) is -0.600. The SMILES string of the molecule is COC[C@H](O)CN(Cc1c(-c2ccccc2)nn(C)c1Oc1ccc(F)cc1)CC(C)C. The maximum Gasteiger partial charge on any atom is 0.222 e. The Kier molecular flexibility index (Phi) is 8.39. The van der Waals surface area contributed by atoms with Gasteiger partial charge in [0.05, 0.1) is 18.3 Å². The Morgan fingerprint density at radius 3 is 2.38 bits per heavy atom. The van der Waals surface area contributed by atoms with Crippen LogP contribution in [0.2, 0.25) is 0 Å². The Balaban J connectivity index is 2.00. The largest absolute Gasteiger partial charge is 0.439 e. The number of hydrogen-bond donors (Lipinski definition) is 1. The summed E-state index contributed by atoms with van der Waals surface area (Å²) in [5.74, 6) is 1.21. The lowest BCUT2D eigenvalue weighted by atomic mass is 10.1. The van der Waals surface area contributed by atoms with Crippen LogP contribution in [-0.4, -0.2) is 52.7 Å². The van der Waals surface area contributed by atoms with Crippen molar-refractivity contribution in [1.29, 1.82) is 0 Å². The average molecular weight is 442 g/mol. The molecule has 0 aliphatic heterocycles. The molecule has 0 unspecified atom stereocenters. The van der Waals surface area contributed by atoms with Crippen LogP contribution >= 0.6 is 0 Å². The number of ether oxygens (including phenoxy) is 2. The van der Waals surface area contributed by atoms with E-state index in [0.29, 0.717) is 30.6 Å². The highest BCUT2D eigenvalue weighted by Gasteiger charge is 2.23. The summed E-state index contributed by atoms with van der Waals surface area (Å²) >= 11 is 0. The van der Waals surface area contributed by atoms with Crippen LogP contribution in [0.1, 0.15) is 19.4 Å². The zero-order valence-electron chi connectivity index (χ0n) is 19.2. The van der Waals surface area contributed by atoms with Gasteiger partial charge < -0.3 is 14.6 Å². The van der Waals surface area contributed by atoms with Crippen molar-refractivity contribution in [3.05, 3.63) is 66.0 Å². The second-order valence-electron chi connectivity index (χ2n) is 8.38. The maximum atomic E-state index is 13.4. The Morgan fingerprint density at radius 2 is 1.75 bits per heavy atom. The molecule has 0 saturated heterocycles. The molecule has 3 rings (SSSR count). The quantitative estimate of drug-likeness (QED) is 0.475. The lowest BCUT2D eigenvalue weighted by Crippen LogP contribution is -2.36. The van der Waals surface area contributed by atoms with Gasteiger partial charge in [-0.25, -0.2) is 9.07 Å². The molecule has 0 aliphatic carbocycles. The van der Waals surface area contributed by atoms with Gasteiger partial charge >= 0.3 is 0 Å². The molecule has 0 spiro atoms. The molecule has 0 aliphatic rings. The van der Waals surface area contributed by atoms with Crippen molar-refractivity contribution in [1.82, 2.24) is 14.7 Å². The number of aryl methyl sites for hydroxylation is 1. The van der Waals surface area contributed by atoms with Crippen molar-refractivity contribution in [2.45, 2.75) is 26.5 Å². The van der Waals surface area contributed by atoms with Crippen LogP contribution in [0.4, 0.5) is 4.39 Å². The zero-order valence-corrected chi connectivity index (χ0v) is 19.2. The highest BCUT2D eigenvalue weighted by atomic mass is 19.1. The first-order valence-electron chi connectivity index (χ1n) is 10.8. The predicted octanol–water partition coefficient (Wildman–Crippen LogP) is 4.48. The summed E-state index contributed by atoms with van der Waals surface area (Å²) in [5, 5.41) is 15.1. The molecule has 0 saturated carbocycles. The summed E-state index contributed by atoms with van der Waals surface area (Å²) in [6.45, 7) is 6.35. The summed E-state index contributed by atoms with van der Waals surface area (Å²) in [5.41, 5.74) is 2.71. The molecular weight excluding hydrogens is 409 g/mol. The fourth-order valence-electron chi connectivity index (χ4n) is 3.75. The van der Waals surface area contributed by atoms with Gasteiger partial charge in [0, 0.05) is 39.4 Å². The van der Waals surface area contributed by atoms with E-state index in [2.05, 4.69) is 18.7 Å². The molecule has 0 fully saturated rings. The second kappa shape index (κ2) is 11.2. The second-order valence-corrected chi connectivity index (χ2v) is 8.38. The van der Waals surface area contributed by atoms with Crippen LogP contribution in [0.15, 0.2) is 54.6 Å². The molecule has 1 atom stereocenters. The van der Waals surface area contributed by atoms with Crippen molar-refractivity contribution in [2.75, 3.05) is 26.8 Å². The van der Waals surface area contributed by atoms with Crippen molar-refractivity contribution < 1.29 is 19.0 Å². The Morgan fingerprint density at radius 1 is 1.06 bits per heavy atom. The van der Waals surface area contributed by atoms with E-state index >= 15 is 0 Å². The number of hydrogen-bond acceptors (Lipinski definition) is 5. The van der Waals surface area contributed by atoms with E-state index in [1.54, 1.807) is 23.9 Å². The average Bonchev–Trinajstić information content (AvgIpc) is 3.05. The lowest BCUT2D eigenvalue weighted by molar-refractivity contribution is 0.0330. The minimum Gasteiger partial charge on any atom is -0.439 e. The molecule has 1 heterocycles. The Hall–Kier alpha value is -2.74. The number of methoxy groups -OCH3 is 1. The molecule has 172 valence electrons. The number of aromatic nitrogens is 2. The van der Waals surface area contributed by atoms with E-state index in [9.17, 15) is 9.50 Å². The van der Waals surface area contributed by atoms with Crippen LogP contribution in [-0.2, 0) is 18.3 Å². The highest BCUT2D eigenvalue weighted by Crippen LogP contribution is 2.34. The fraction of sp³-hybridized carbons (Fsp3) is 0.400. The van der Waals surface area contributed by atoms with E-state index in [-0.39, 0.29) is 12.4 Å². The van der Waals surface area contributed by atoms with Crippen LogP contribution in [0, 0.1) is 11.7 Å². The molecule has 2 aromatic carbocycles. The van der Waals surface area contributed by atoms with E-state index in [1.807, 2.05) is 37.4 Å². The first kappa shape index (κ1) is 23.9. The third-order valence-electron chi connectivity index (χ3n) is 5.00. The van der Waals surface area contributed by atoms with Crippen LogP contribution < -0.4 is 4.74 Å². The number of nitrogens with zero attached hydrogens (tertiary/aromatic N) is 3. The molecule has 0 amide bonds. The zero-order chi connectivity index (χ0) is 23.1.